The first kappa shape index (κ1) is 26.3. The summed E-state index contributed by atoms with van der Waals surface area (Å²) < 4.78 is 26.8. The molecule has 1 saturated heterocycles. The molecule has 34 heavy (non-hydrogen) atoms. The van der Waals surface area contributed by atoms with Crippen molar-refractivity contribution >= 4 is 33.3 Å². The number of rotatable bonds is 6. The Morgan fingerprint density at radius 3 is 1.85 bits per heavy atom. The Balaban J connectivity index is 0.000000604. The molecule has 0 aromatic heterocycles. The molecule has 0 aliphatic carbocycles. The second kappa shape index (κ2) is 11.3. The SMILES string of the molecule is O=C(O)C(=O)O.O=[N+]([O-])c1ccc(S(=O)(=O)N2CCN(Cc3cccc([N+](=O)[O-])c3)CC2)cc1. The van der Waals surface area contributed by atoms with E-state index in [-0.39, 0.29) is 29.4 Å². The summed E-state index contributed by atoms with van der Waals surface area (Å²) in [6, 6.07) is 11.2. The van der Waals surface area contributed by atoms with Crippen LogP contribution in [0.1, 0.15) is 5.56 Å². The maximum absolute atomic E-state index is 12.7. The number of carboxylic acid groups (broad SMARTS) is 2. The third-order valence-corrected chi connectivity index (χ3v) is 6.64. The smallest absolute Gasteiger partial charge is 0.414 e. The van der Waals surface area contributed by atoms with Gasteiger partial charge in [0.25, 0.3) is 11.4 Å². The van der Waals surface area contributed by atoms with E-state index in [9.17, 15) is 28.6 Å². The minimum Gasteiger partial charge on any atom is -0.473 e. The Morgan fingerprint density at radius 2 is 1.38 bits per heavy atom. The fourth-order valence-electron chi connectivity index (χ4n) is 3.04. The van der Waals surface area contributed by atoms with Crippen LogP contribution in [0.4, 0.5) is 11.4 Å². The zero-order chi connectivity index (χ0) is 25.5. The van der Waals surface area contributed by atoms with Crippen molar-refractivity contribution in [3.63, 3.8) is 0 Å². The van der Waals surface area contributed by atoms with Gasteiger partial charge in [0.2, 0.25) is 10.0 Å². The number of sulfonamides is 1. The minimum absolute atomic E-state index is 0.0187. The summed E-state index contributed by atoms with van der Waals surface area (Å²) >= 11 is 0. The van der Waals surface area contributed by atoms with Gasteiger partial charge in [0.1, 0.15) is 0 Å². The molecule has 1 aliphatic heterocycles. The number of piperazine rings is 1. The Kier molecular flexibility index (Phi) is 8.71. The van der Waals surface area contributed by atoms with Gasteiger partial charge in [0.15, 0.2) is 0 Å². The largest absolute Gasteiger partial charge is 0.473 e. The van der Waals surface area contributed by atoms with Crippen molar-refractivity contribution in [1.29, 1.82) is 0 Å². The van der Waals surface area contributed by atoms with E-state index in [1.165, 1.54) is 40.7 Å². The molecule has 0 amide bonds. The normalized spacial score (nSPS) is 14.5. The van der Waals surface area contributed by atoms with Gasteiger partial charge in [-0.25, -0.2) is 18.0 Å². The molecule has 2 aromatic rings. The van der Waals surface area contributed by atoms with Crippen LogP contribution in [0.25, 0.3) is 0 Å². The number of nitrogens with zero attached hydrogens (tertiary/aromatic N) is 4. The lowest BCUT2D eigenvalue weighted by molar-refractivity contribution is -0.385. The van der Waals surface area contributed by atoms with Crippen molar-refractivity contribution in [1.82, 2.24) is 9.21 Å². The van der Waals surface area contributed by atoms with Crippen molar-refractivity contribution in [3.05, 3.63) is 74.3 Å². The fraction of sp³-hybridized carbons (Fsp3) is 0.263. The molecule has 1 fully saturated rings. The Morgan fingerprint density at radius 1 is 0.853 bits per heavy atom. The first-order valence-electron chi connectivity index (χ1n) is 9.58. The number of nitro groups is 2. The van der Waals surface area contributed by atoms with Gasteiger partial charge in [-0.2, -0.15) is 4.31 Å². The number of non-ortho nitro benzene ring substituents is 2. The van der Waals surface area contributed by atoms with Crippen molar-refractivity contribution < 1.29 is 38.1 Å². The summed E-state index contributed by atoms with van der Waals surface area (Å²) in [4.78, 5) is 40.8. The van der Waals surface area contributed by atoms with Gasteiger partial charge in [-0.15, -0.1) is 0 Å². The molecule has 0 spiro atoms. The predicted octanol–water partition coefficient (Wildman–Crippen LogP) is 1.17. The predicted molar refractivity (Wildman–Crippen MR) is 116 cm³/mol. The van der Waals surface area contributed by atoms with E-state index in [1.807, 2.05) is 4.90 Å². The molecular formula is C19H20N4O10S. The number of aliphatic carboxylic acids is 2. The quantitative estimate of drug-likeness (QED) is 0.330. The van der Waals surface area contributed by atoms with E-state index in [1.54, 1.807) is 12.1 Å². The van der Waals surface area contributed by atoms with Gasteiger partial charge < -0.3 is 10.2 Å². The topological polar surface area (TPSA) is 202 Å². The van der Waals surface area contributed by atoms with Crippen LogP contribution in [-0.4, -0.2) is 75.8 Å². The summed E-state index contributed by atoms with van der Waals surface area (Å²) in [7, 11) is -3.72. The molecule has 1 heterocycles. The van der Waals surface area contributed by atoms with Crippen molar-refractivity contribution in [2.45, 2.75) is 11.4 Å². The third-order valence-electron chi connectivity index (χ3n) is 4.73. The number of carboxylic acids is 2. The van der Waals surface area contributed by atoms with Crippen LogP contribution in [0.2, 0.25) is 0 Å². The van der Waals surface area contributed by atoms with Crippen LogP contribution < -0.4 is 0 Å². The van der Waals surface area contributed by atoms with E-state index in [4.69, 9.17) is 19.8 Å². The molecule has 0 bridgehead atoms. The highest BCUT2D eigenvalue weighted by Crippen LogP contribution is 2.22. The first-order valence-corrected chi connectivity index (χ1v) is 11.0. The standard InChI is InChI=1S/C17H18N4O6S.C2H2O4/c22-20(23)15-4-6-17(7-5-15)28(26,27)19-10-8-18(9-11-19)13-14-2-1-3-16(12-14)21(24)25;3-1(4)2(5)6/h1-7,12H,8-11,13H2;(H,3,4)(H,5,6). The fourth-order valence-corrected chi connectivity index (χ4v) is 4.47. The van der Waals surface area contributed by atoms with E-state index in [2.05, 4.69) is 0 Å². The van der Waals surface area contributed by atoms with Gasteiger partial charge in [-0.3, -0.25) is 25.1 Å². The zero-order valence-corrected chi connectivity index (χ0v) is 18.3. The molecule has 1 aliphatic rings. The lowest BCUT2D eigenvalue weighted by Gasteiger charge is -2.33. The summed E-state index contributed by atoms with van der Waals surface area (Å²) in [6.07, 6.45) is 0. The first-order chi connectivity index (χ1) is 15.9. The molecule has 14 nitrogen and oxygen atoms in total. The van der Waals surface area contributed by atoms with Crippen LogP contribution in [-0.2, 0) is 26.2 Å². The summed E-state index contributed by atoms with van der Waals surface area (Å²) in [5, 5.41) is 36.4. The Hall–Kier alpha value is -3.95. The molecular weight excluding hydrogens is 476 g/mol. The molecule has 15 heteroatoms. The van der Waals surface area contributed by atoms with Crippen LogP contribution in [0, 0.1) is 20.2 Å². The molecule has 3 rings (SSSR count). The maximum atomic E-state index is 12.7. The molecule has 182 valence electrons. The lowest BCUT2D eigenvalue weighted by atomic mass is 10.2. The van der Waals surface area contributed by atoms with Gasteiger partial charge >= 0.3 is 11.9 Å². The number of benzene rings is 2. The Bertz CT molecular complexity index is 1160. The molecule has 0 saturated carbocycles. The number of nitro benzene ring substituents is 2. The average molecular weight is 496 g/mol. The number of hydrogen-bond donors (Lipinski definition) is 2. The second-order valence-electron chi connectivity index (χ2n) is 6.97. The number of carbonyl (C=O) groups is 2. The zero-order valence-electron chi connectivity index (χ0n) is 17.5. The van der Waals surface area contributed by atoms with Crippen LogP contribution in [0.5, 0.6) is 0 Å². The highest BCUT2D eigenvalue weighted by molar-refractivity contribution is 7.89. The van der Waals surface area contributed by atoms with Gasteiger partial charge in [0, 0.05) is 57.0 Å². The van der Waals surface area contributed by atoms with Crippen molar-refractivity contribution in [3.8, 4) is 0 Å². The van der Waals surface area contributed by atoms with E-state index >= 15 is 0 Å². The van der Waals surface area contributed by atoms with E-state index in [0.717, 1.165) is 5.56 Å². The molecule has 0 unspecified atom stereocenters. The highest BCUT2D eigenvalue weighted by atomic mass is 32.2. The van der Waals surface area contributed by atoms with Crippen molar-refractivity contribution in [2.24, 2.45) is 0 Å². The molecule has 2 N–H and O–H groups in total. The number of hydrogen-bond acceptors (Lipinski definition) is 9. The summed E-state index contributed by atoms with van der Waals surface area (Å²) in [5.74, 6) is -3.65. The summed E-state index contributed by atoms with van der Waals surface area (Å²) in [5.41, 5.74) is 0.651. The Labute approximate surface area is 193 Å². The van der Waals surface area contributed by atoms with E-state index in [0.29, 0.717) is 19.6 Å². The van der Waals surface area contributed by atoms with Crippen LogP contribution >= 0.6 is 0 Å². The van der Waals surface area contributed by atoms with E-state index < -0.39 is 31.8 Å². The van der Waals surface area contributed by atoms with Gasteiger partial charge in [-0.05, 0) is 17.7 Å². The maximum Gasteiger partial charge on any atom is 0.414 e. The third kappa shape index (κ3) is 7.03. The molecule has 0 atom stereocenters. The summed E-state index contributed by atoms with van der Waals surface area (Å²) in [6.45, 7) is 2.00. The van der Waals surface area contributed by atoms with Gasteiger partial charge in [-0.1, -0.05) is 12.1 Å². The molecule has 2 aromatic carbocycles. The average Bonchev–Trinajstić information content (AvgIpc) is 2.80. The van der Waals surface area contributed by atoms with Crippen LogP contribution in [0.3, 0.4) is 0 Å². The van der Waals surface area contributed by atoms with Gasteiger partial charge in [0.05, 0.1) is 14.7 Å². The van der Waals surface area contributed by atoms with Crippen LogP contribution in [0.15, 0.2) is 53.4 Å². The monoisotopic (exact) mass is 496 g/mol. The second-order valence-corrected chi connectivity index (χ2v) is 8.91. The van der Waals surface area contributed by atoms with Crippen molar-refractivity contribution in [2.75, 3.05) is 26.2 Å². The molecule has 0 radical (unpaired) electrons. The highest BCUT2D eigenvalue weighted by Gasteiger charge is 2.29. The lowest BCUT2D eigenvalue weighted by Crippen LogP contribution is -2.48. The minimum atomic E-state index is -3.72.